The topological polar surface area (TPSA) is 49.5 Å². The zero-order valence-corrected chi connectivity index (χ0v) is 12.8. The molecule has 2 unspecified atom stereocenters. The molecule has 1 saturated heterocycles. The number of aliphatic hydroxyl groups excluding tert-OH is 1. The minimum absolute atomic E-state index is 0.252. The van der Waals surface area contributed by atoms with Crippen LogP contribution in [0, 0.1) is 5.92 Å². The first-order valence-corrected chi connectivity index (χ1v) is 7.60. The second kappa shape index (κ2) is 6.18. The quantitative estimate of drug-likeness (QED) is 0.946. The number of aliphatic hydroxyl groups is 1. The molecule has 1 N–H and O–H groups in total. The number of β-amino-alcohol motifs (C(OH)–C–C–N with tert-alkyl or cyclic N) is 1. The van der Waals surface area contributed by atoms with E-state index in [1.165, 1.54) is 0 Å². The maximum absolute atomic E-state index is 9.94. The van der Waals surface area contributed by atoms with Gasteiger partial charge in [-0.25, -0.2) is 4.98 Å². The van der Waals surface area contributed by atoms with E-state index in [0.717, 1.165) is 24.2 Å². The summed E-state index contributed by atoms with van der Waals surface area (Å²) in [6.07, 6.45) is 2.44. The minimum atomic E-state index is -0.252. The van der Waals surface area contributed by atoms with Crippen LogP contribution in [0.15, 0.2) is 34.9 Å². The number of halogens is 1. The molecule has 2 heterocycles. The molecule has 3 rings (SSSR count). The van der Waals surface area contributed by atoms with Crippen molar-refractivity contribution in [3.63, 3.8) is 0 Å². The highest BCUT2D eigenvalue weighted by Gasteiger charge is 2.24. The van der Waals surface area contributed by atoms with Gasteiger partial charge in [0.15, 0.2) is 0 Å². The van der Waals surface area contributed by atoms with Crippen LogP contribution in [0.2, 0.25) is 5.02 Å². The molecule has 0 aliphatic carbocycles. The van der Waals surface area contributed by atoms with E-state index in [4.69, 9.17) is 16.0 Å². The van der Waals surface area contributed by atoms with Crippen molar-refractivity contribution in [2.45, 2.75) is 26.0 Å². The Kier molecular flexibility index (Phi) is 4.29. The molecule has 0 saturated carbocycles. The largest absolute Gasteiger partial charge is 0.444 e. The first kappa shape index (κ1) is 14.6. The number of oxazole rings is 1. The van der Waals surface area contributed by atoms with Crippen molar-refractivity contribution >= 4 is 11.6 Å². The van der Waals surface area contributed by atoms with Gasteiger partial charge in [0.1, 0.15) is 6.26 Å². The van der Waals surface area contributed by atoms with Crippen molar-refractivity contribution < 1.29 is 9.52 Å². The van der Waals surface area contributed by atoms with Crippen molar-refractivity contribution in [2.24, 2.45) is 5.92 Å². The highest BCUT2D eigenvalue weighted by Crippen LogP contribution is 2.23. The second-order valence-electron chi connectivity index (χ2n) is 5.72. The minimum Gasteiger partial charge on any atom is -0.444 e. The van der Waals surface area contributed by atoms with Gasteiger partial charge in [0.25, 0.3) is 0 Å². The van der Waals surface area contributed by atoms with Crippen LogP contribution in [0.25, 0.3) is 11.5 Å². The van der Waals surface area contributed by atoms with Crippen LogP contribution in [0.1, 0.15) is 19.0 Å². The second-order valence-corrected chi connectivity index (χ2v) is 6.16. The lowest BCUT2D eigenvalue weighted by Gasteiger charge is -2.33. The molecule has 4 nitrogen and oxygen atoms in total. The smallest absolute Gasteiger partial charge is 0.226 e. The first-order valence-electron chi connectivity index (χ1n) is 7.22. The standard InChI is InChI=1S/C16H19ClN2O2/c1-11-5-6-19(9-15(11)20)8-14-10-21-16(18-14)12-3-2-4-13(17)7-12/h2-4,7,10-11,15,20H,5-6,8-9H2,1H3. The van der Waals surface area contributed by atoms with Crippen LogP contribution in [0.4, 0.5) is 0 Å². The lowest BCUT2D eigenvalue weighted by atomic mass is 9.96. The van der Waals surface area contributed by atoms with E-state index in [2.05, 4.69) is 16.8 Å². The average Bonchev–Trinajstić information content (AvgIpc) is 2.91. The van der Waals surface area contributed by atoms with Crippen LogP contribution in [0.5, 0.6) is 0 Å². The van der Waals surface area contributed by atoms with Gasteiger partial charge in [-0.3, -0.25) is 4.90 Å². The normalized spacial score (nSPS) is 23.4. The molecule has 0 radical (unpaired) electrons. The molecule has 0 bridgehead atoms. The summed E-state index contributed by atoms with van der Waals surface area (Å²) in [5.74, 6) is 0.957. The summed E-state index contributed by atoms with van der Waals surface area (Å²) >= 11 is 5.98. The fourth-order valence-electron chi connectivity index (χ4n) is 2.62. The van der Waals surface area contributed by atoms with Crippen molar-refractivity contribution in [1.82, 2.24) is 9.88 Å². The van der Waals surface area contributed by atoms with E-state index >= 15 is 0 Å². The SMILES string of the molecule is CC1CCN(Cc2coc(-c3cccc(Cl)c3)n2)CC1O. The number of aromatic nitrogens is 1. The predicted molar refractivity (Wildman–Crippen MR) is 82.0 cm³/mol. The van der Waals surface area contributed by atoms with Gasteiger partial charge in [-0.15, -0.1) is 0 Å². The van der Waals surface area contributed by atoms with E-state index in [9.17, 15) is 5.11 Å². The summed E-state index contributed by atoms with van der Waals surface area (Å²) in [5, 5.41) is 10.6. The van der Waals surface area contributed by atoms with Crippen molar-refractivity contribution in [1.29, 1.82) is 0 Å². The van der Waals surface area contributed by atoms with E-state index in [-0.39, 0.29) is 6.10 Å². The lowest BCUT2D eigenvalue weighted by Crippen LogP contribution is -2.42. The summed E-state index contributed by atoms with van der Waals surface area (Å²) in [6.45, 7) is 4.47. The van der Waals surface area contributed by atoms with Gasteiger partial charge >= 0.3 is 0 Å². The van der Waals surface area contributed by atoms with E-state index in [1.807, 2.05) is 24.3 Å². The molecule has 1 aromatic heterocycles. The Bertz CT molecular complexity index is 614. The maximum Gasteiger partial charge on any atom is 0.226 e. The molecular weight excluding hydrogens is 288 g/mol. The predicted octanol–water partition coefficient (Wildman–Crippen LogP) is 3.20. The molecule has 1 aromatic carbocycles. The maximum atomic E-state index is 9.94. The number of rotatable bonds is 3. The molecular formula is C16H19ClN2O2. The zero-order valence-electron chi connectivity index (χ0n) is 12.0. The van der Waals surface area contributed by atoms with Crippen LogP contribution >= 0.6 is 11.6 Å². The van der Waals surface area contributed by atoms with Crippen molar-refractivity contribution in [3.8, 4) is 11.5 Å². The van der Waals surface area contributed by atoms with Gasteiger partial charge in [-0.2, -0.15) is 0 Å². The molecule has 2 atom stereocenters. The van der Waals surface area contributed by atoms with Gasteiger partial charge in [-0.1, -0.05) is 24.6 Å². The van der Waals surface area contributed by atoms with Gasteiger partial charge in [-0.05, 0) is 37.1 Å². The molecule has 21 heavy (non-hydrogen) atoms. The Morgan fingerprint density at radius 2 is 2.33 bits per heavy atom. The number of hydrogen-bond acceptors (Lipinski definition) is 4. The summed E-state index contributed by atoms with van der Waals surface area (Å²) < 4.78 is 5.54. The first-order chi connectivity index (χ1) is 10.1. The summed E-state index contributed by atoms with van der Waals surface area (Å²) in [7, 11) is 0. The van der Waals surface area contributed by atoms with Gasteiger partial charge in [0, 0.05) is 23.7 Å². The highest BCUT2D eigenvalue weighted by atomic mass is 35.5. The van der Waals surface area contributed by atoms with E-state index < -0.39 is 0 Å². The van der Waals surface area contributed by atoms with Gasteiger partial charge in [0.05, 0.1) is 11.8 Å². The molecule has 0 spiro atoms. The molecule has 1 aliphatic rings. The van der Waals surface area contributed by atoms with E-state index in [1.54, 1.807) is 6.26 Å². The van der Waals surface area contributed by atoms with Crippen LogP contribution < -0.4 is 0 Å². The Morgan fingerprint density at radius 1 is 1.48 bits per heavy atom. The Balaban J connectivity index is 1.68. The zero-order chi connectivity index (χ0) is 14.8. The number of hydrogen-bond donors (Lipinski definition) is 1. The Morgan fingerprint density at radius 3 is 3.10 bits per heavy atom. The average molecular weight is 307 g/mol. The summed E-state index contributed by atoms with van der Waals surface area (Å²) in [4.78, 5) is 6.72. The number of nitrogens with zero attached hydrogens (tertiary/aromatic N) is 2. The van der Waals surface area contributed by atoms with Crippen LogP contribution in [0.3, 0.4) is 0 Å². The third kappa shape index (κ3) is 3.46. The third-order valence-electron chi connectivity index (χ3n) is 4.01. The van der Waals surface area contributed by atoms with E-state index in [0.29, 0.717) is 29.9 Å². The Labute approximate surface area is 129 Å². The molecule has 112 valence electrons. The molecule has 1 fully saturated rings. The summed E-state index contributed by atoms with van der Waals surface area (Å²) in [5.41, 5.74) is 1.76. The van der Waals surface area contributed by atoms with Crippen LogP contribution in [-0.4, -0.2) is 34.2 Å². The fourth-order valence-corrected chi connectivity index (χ4v) is 2.81. The molecule has 2 aromatic rings. The molecule has 1 aliphatic heterocycles. The van der Waals surface area contributed by atoms with Gasteiger partial charge in [0.2, 0.25) is 5.89 Å². The Hall–Kier alpha value is -1.36. The van der Waals surface area contributed by atoms with Gasteiger partial charge < -0.3 is 9.52 Å². The van der Waals surface area contributed by atoms with Crippen molar-refractivity contribution in [2.75, 3.05) is 13.1 Å². The fraction of sp³-hybridized carbons (Fsp3) is 0.438. The monoisotopic (exact) mass is 306 g/mol. The summed E-state index contributed by atoms with van der Waals surface area (Å²) in [6, 6.07) is 7.46. The van der Waals surface area contributed by atoms with Crippen LogP contribution in [-0.2, 0) is 6.54 Å². The number of piperidine rings is 1. The highest BCUT2D eigenvalue weighted by molar-refractivity contribution is 6.30. The molecule has 5 heteroatoms. The molecule has 0 amide bonds. The lowest BCUT2D eigenvalue weighted by molar-refractivity contribution is 0.0254. The number of likely N-dealkylation sites (tertiary alicyclic amines) is 1. The van der Waals surface area contributed by atoms with Crippen molar-refractivity contribution in [3.05, 3.63) is 41.2 Å². The third-order valence-corrected chi connectivity index (χ3v) is 4.25. The number of benzene rings is 1.